The molecule has 1 atom stereocenters. The molecular formula is C25H30ClN5O5. The molecule has 0 radical (unpaired) electrons. The zero-order chi connectivity index (χ0) is 26.5. The maximum Gasteiger partial charge on any atom is 0.408 e. The second-order valence-corrected chi connectivity index (χ2v) is 9.53. The fourth-order valence-electron chi connectivity index (χ4n) is 3.47. The number of carbonyl (C=O) groups excluding carboxylic acids is 2. The predicted molar refractivity (Wildman–Crippen MR) is 139 cm³/mol. The smallest absolute Gasteiger partial charge is 0.408 e. The first-order valence-electron chi connectivity index (χ1n) is 11.5. The number of nitrogens with one attached hydrogen (secondary N) is 3. The second-order valence-electron chi connectivity index (χ2n) is 9.12. The Balaban J connectivity index is 2.06. The highest BCUT2D eigenvalue weighted by Gasteiger charge is 2.23. The zero-order valence-corrected chi connectivity index (χ0v) is 21.3. The van der Waals surface area contributed by atoms with E-state index in [-0.39, 0.29) is 22.8 Å². The van der Waals surface area contributed by atoms with Crippen molar-refractivity contribution in [2.75, 3.05) is 18.5 Å². The molecule has 0 aliphatic heterocycles. The second kappa shape index (κ2) is 11.4. The van der Waals surface area contributed by atoms with Crippen LogP contribution in [0.15, 0.2) is 47.3 Å². The van der Waals surface area contributed by atoms with E-state index in [2.05, 4.69) is 20.9 Å². The highest BCUT2D eigenvalue weighted by Crippen LogP contribution is 2.24. The maximum absolute atomic E-state index is 13.7. The Hall–Kier alpha value is -3.63. The SMILES string of the molecule is C[C@H](NC(=O)OC(C)(C)C)c1nc2cccc(Cl)c2c(=O)n1-c1cccc(NC(=O)NCCCO)c1. The van der Waals surface area contributed by atoms with Crippen molar-refractivity contribution in [1.29, 1.82) is 0 Å². The number of halogens is 1. The van der Waals surface area contributed by atoms with Crippen molar-refractivity contribution >= 4 is 40.3 Å². The quantitative estimate of drug-likeness (QED) is 0.349. The van der Waals surface area contributed by atoms with Crippen molar-refractivity contribution in [2.45, 2.75) is 45.8 Å². The maximum atomic E-state index is 13.7. The van der Waals surface area contributed by atoms with Gasteiger partial charge in [0.15, 0.2) is 0 Å². The van der Waals surface area contributed by atoms with Crippen LogP contribution in [0.2, 0.25) is 5.02 Å². The first-order valence-corrected chi connectivity index (χ1v) is 11.8. The largest absolute Gasteiger partial charge is 0.444 e. The molecule has 3 amide bonds. The number of aromatic nitrogens is 2. The molecule has 0 fully saturated rings. The summed E-state index contributed by atoms with van der Waals surface area (Å²) in [4.78, 5) is 42.9. The summed E-state index contributed by atoms with van der Waals surface area (Å²) in [5.74, 6) is 0.255. The summed E-state index contributed by atoms with van der Waals surface area (Å²) in [5, 5.41) is 17.4. The summed E-state index contributed by atoms with van der Waals surface area (Å²) in [6, 6.07) is 10.4. The van der Waals surface area contributed by atoms with Crippen molar-refractivity contribution in [3.63, 3.8) is 0 Å². The lowest BCUT2D eigenvalue weighted by atomic mass is 10.2. The molecule has 192 valence electrons. The van der Waals surface area contributed by atoms with Crippen molar-refractivity contribution in [1.82, 2.24) is 20.2 Å². The van der Waals surface area contributed by atoms with Gasteiger partial charge in [-0.05, 0) is 64.4 Å². The fraction of sp³-hybridized carbons (Fsp3) is 0.360. The highest BCUT2D eigenvalue weighted by atomic mass is 35.5. The Kier molecular flexibility index (Phi) is 8.54. The van der Waals surface area contributed by atoms with Crippen molar-refractivity contribution in [2.24, 2.45) is 0 Å². The van der Waals surface area contributed by atoms with Gasteiger partial charge in [-0.25, -0.2) is 14.6 Å². The number of nitrogens with zero attached hydrogens (tertiary/aromatic N) is 2. The number of aliphatic hydroxyl groups is 1. The van der Waals surface area contributed by atoms with Gasteiger partial charge < -0.3 is 25.8 Å². The minimum Gasteiger partial charge on any atom is -0.444 e. The number of ether oxygens (including phenoxy) is 1. The van der Waals surface area contributed by atoms with E-state index in [9.17, 15) is 14.4 Å². The number of carbonyl (C=O) groups is 2. The zero-order valence-electron chi connectivity index (χ0n) is 20.6. The fourth-order valence-corrected chi connectivity index (χ4v) is 3.73. The lowest BCUT2D eigenvalue weighted by molar-refractivity contribution is 0.0505. The van der Waals surface area contributed by atoms with E-state index in [1.54, 1.807) is 70.2 Å². The molecule has 2 aromatic carbocycles. The molecule has 0 bridgehead atoms. The van der Waals surface area contributed by atoms with Crippen LogP contribution in [0.25, 0.3) is 16.6 Å². The Morgan fingerprint density at radius 1 is 1.19 bits per heavy atom. The molecule has 1 aromatic heterocycles. The normalized spacial score (nSPS) is 12.2. The average molecular weight is 516 g/mol. The molecule has 3 rings (SSSR count). The minimum atomic E-state index is -0.714. The molecule has 0 unspecified atom stereocenters. The number of anilines is 1. The summed E-state index contributed by atoms with van der Waals surface area (Å²) in [5.41, 5.74) is 0.0947. The third-order valence-electron chi connectivity index (χ3n) is 4.98. The van der Waals surface area contributed by atoms with E-state index < -0.39 is 29.3 Å². The van der Waals surface area contributed by atoms with E-state index >= 15 is 0 Å². The standard InChI is InChI=1S/C25H30ClN5O5/c1-15(28-24(35)36-25(2,3)4)21-30-19-11-6-10-18(26)20(19)22(33)31(21)17-9-5-8-16(14-17)29-23(34)27-12-7-13-32/h5-6,8-11,14-15,32H,7,12-13H2,1-4H3,(H,28,35)(H2,27,29,34)/t15-/m0/s1. The van der Waals surface area contributed by atoms with Gasteiger partial charge in [-0.15, -0.1) is 0 Å². The van der Waals surface area contributed by atoms with E-state index in [4.69, 9.17) is 21.4 Å². The molecule has 11 heteroatoms. The van der Waals surface area contributed by atoms with Crippen LogP contribution in [-0.2, 0) is 4.74 Å². The molecule has 0 saturated heterocycles. The van der Waals surface area contributed by atoms with Crippen LogP contribution in [0.3, 0.4) is 0 Å². The lowest BCUT2D eigenvalue weighted by Crippen LogP contribution is -2.37. The number of hydrogen-bond donors (Lipinski definition) is 4. The molecule has 36 heavy (non-hydrogen) atoms. The Bertz CT molecular complexity index is 1320. The number of fused-ring (bicyclic) bond motifs is 1. The number of aliphatic hydroxyl groups excluding tert-OH is 1. The molecule has 3 aromatic rings. The molecular weight excluding hydrogens is 486 g/mol. The monoisotopic (exact) mass is 515 g/mol. The third kappa shape index (κ3) is 6.73. The van der Waals surface area contributed by atoms with Crippen LogP contribution in [0, 0.1) is 0 Å². The van der Waals surface area contributed by atoms with E-state index in [0.717, 1.165) is 0 Å². The van der Waals surface area contributed by atoms with Crippen molar-refractivity contribution in [3.05, 3.63) is 63.7 Å². The van der Waals surface area contributed by atoms with Crippen LogP contribution in [0.4, 0.5) is 15.3 Å². The molecule has 0 spiro atoms. The average Bonchev–Trinajstić information content (AvgIpc) is 2.77. The van der Waals surface area contributed by atoms with Gasteiger partial charge in [0, 0.05) is 18.8 Å². The summed E-state index contributed by atoms with van der Waals surface area (Å²) in [6.07, 6.45) is -0.227. The number of hydrogen-bond acceptors (Lipinski definition) is 6. The molecule has 0 aliphatic rings. The molecule has 0 aliphatic carbocycles. The number of alkyl carbamates (subject to hydrolysis) is 1. The van der Waals surface area contributed by atoms with Crippen molar-refractivity contribution < 1.29 is 19.4 Å². The highest BCUT2D eigenvalue weighted by molar-refractivity contribution is 6.35. The summed E-state index contributed by atoms with van der Waals surface area (Å²) in [6.45, 7) is 7.22. The van der Waals surface area contributed by atoms with E-state index in [1.807, 2.05) is 0 Å². The topological polar surface area (TPSA) is 135 Å². The summed E-state index contributed by atoms with van der Waals surface area (Å²) in [7, 11) is 0. The number of benzene rings is 2. The van der Waals surface area contributed by atoms with Crippen LogP contribution in [-0.4, -0.2) is 45.5 Å². The van der Waals surface area contributed by atoms with Gasteiger partial charge in [0.05, 0.1) is 27.7 Å². The Morgan fingerprint density at radius 2 is 1.92 bits per heavy atom. The van der Waals surface area contributed by atoms with E-state index in [1.165, 1.54) is 4.57 Å². The number of amides is 3. The first-order chi connectivity index (χ1) is 17.0. The minimum absolute atomic E-state index is 0.0332. The molecule has 0 saturated carbocycles. The molecule has 4 N–H and O–H groups in total. The third-order valence-corrected chi connectivity index (χ3v) is 5.29. The van der Waals surface area contributed by atoms with Gasteiger partial charge in [0.1, 0.15) is 11.4 Å². The lowest BCUT2D eigenvalue weighted by Gasteiger charge is -2.23. The van der Waals surface area contributed by atoms with Crippen molar-refractivity contribution in [3.8, 4) is 5.69 Å². The Labute approximate surface area is 213 Å². The first kappa shape index (κ1) is 27.0. The predicted octanol–water partition coefficient (Wildman–Crippen LogP) is 4.13. The molecule has 10 nitrogen and oxygen atoms in total. The van der Waals surface area contributed by atoms with Crippen LogP contribution in [0.1, 0.15) is 46.0 Å². The van der Waals surface area contributed by atoms with E-state index in [0.29, 0.717) is 29.9 Å². The molecule has 1 heterocycles. The van der Waals surface area contributed by atoms with Gasteiger partial charge >= 0.3 is 12.1 Å². The van der Waals surface area contributed by atoms with Gasteiger partial charge in [0.25, 0.3) is 5.56 Å². The number of urea groups is 1. The summed E-state index contributed by atoms with van der Waals surface area (Å²) >= 11 is 6.35. The van der Waals surface area contributed by atoms with Gasteiger partial charge in [-0.2, -0.15) is 0 Å². The van der Waals surface area contributed by atoms with Gasteiger partial charge in [0.2, 0.25) is 0 Å². The van der Waals surface area contributed by atoms with Gasteiger partial charge in [-0.1, -0.05) is 23.7 Å². The Morgan fingerprint density at radius 3 is 2.61 bits per heavy atom. The van der Waals surface area contributed by atoms with Crippen LogP contribution in [0.5, 0.6) is 0 Å². The van der Waals surface area contributed by atoms with Crippen LogP contribution >= 0.6 is 11.6 Å². The van der Waals surface area contributed by atoms with Crippen LogP contribution < -0.4 is 21.5 Å². The number of rotatable bonds is 7. The van der Waals surface area contributed by atoms with Gasteiger partial charge in [-0.3, -0.25) is 9.36 Å². The summed E-state index contributed by atoms with van der Waals surface area (Å²) < 4.78 is 6.71.